The van der Waals surface area contributed by atoms with Crippen molar-refractivity contribution in [1.82, 2.24) is 5.32 Å². The standard InChI is InChI=1S/C14H18N2O3/c1-10(17)16-8-4-3-5-11-6-7-12(9-13(11)15)14(18)19-2/h3,5-7,9H,4,8,15H2,1-2H3,(H,16,17). The van der Waals surface area contributed by atoms with Crippen molar-refractivity contribution in [3.8, 4) is 0 Å². The molecule has 1 aromatic rings. The molecule has 1 amide bonds. The van der Waals surface area contributed by atoms with Gasteiger partial charge in [0.15, 0.2) is 0 Å². The Hall–Kier alpha value is -2.30. The fourth-order valence-corrected chi connectivity index (χ4v) is 1.51. The monoisotopic (exact) mass is 262 g/mol. The van der Waals surface area contributed by atoms with E-state index in [1.54, 1.807) is 18.2 Å². The third kappa shape index (κ3) is 4.83. The van der Waals surface area contributed by atoms with E-state index in [2.05, 4.69) is 10.1 Å². The molecule has 0 unspecified atom stereocenters. The van der Waals surface area contributed by atoms with Crippen LogP contribution in [-0.4, -0.2) is 25.5 Å². The first kappa shape index (κ1) is 14.8. The highest BCUT2D eigenvalue weighted by Crippen LogP contribution is 2.16. The van der Waals surface area contributed by atoms with Gasteiger partial charge in [-0.3, -0.25) is 4.79 Å². The maximum Gasteiger partial charge on any atom is 0.337 e. The molecular formula is C14H18N2O3. The highest BCUT2D eigenvalue weighted by atomic mass is 16.5. The van der Waals surface area contributed by atoms with Gasteiger partial charge >= 0.3 is 5.97 Å². The first-order chi connectivity index (χ1) is 9.04. The fourth-order valence-electron chi connectivity index (χ4n) is 1.51. The molecule has 3 N–H and O–H groups in total. The molecule has 0 atom stereocenters. The lowest BCUT2D eigenvalue weighted by molar-refractivity contribution is -0.118. The number of nitrogens with one attached hydrogen (secondary N) is 1. The third-order valence-corrected chi connectivity index (χ3v) is 2.49. The van der Waals surface area contributed by atoms with Crippen LogP contribution in [0.4, 0.5) is 5.69 Å². The zero-order chi connectivity index (χ0) is 14.3. The second-order valence-electron chi connectivity index (χ2n) is 4.01. The van der Waals surface area contributed by atoms with Gasteiger partial charge in [0.25, 0.3) is 0 Å². The molecule has 0 aliphatic carbocycles. The predicted molar refractivity (Wildman–Crippen MR) is 74.5 cm³/mol. The number of methoxy groups -OCH3 is 1. The van der Waals surface area contributed by atoms with Crippen LogP contribution in [0.5, 0.6) is 0 Å². The maximum atomic E-state index is 11.3. The molecule has 5 nitrogen and oxygen atoms in total. The minimum Gasteiger partial charge on any atom is -0.465 e. The number of carbonyl (C=O) groups is 2. The Labute approximate surface area is 112 Å². The molecule has 0 heterocycles. The fraction of sp³-hybridized carbons (Fsp3) is 0.286. The Bertz CT molecular complexity index is 495. The second kappa shape index (κ2) is 7.20. The van der Waals surface area contributed by atoms with Gasteiger partial charge in [0.1, 0.15) is 0 Å². The van der Waals surface area contributed by atoms with Crippen molar-refractivity contribution in [2.75, 3.05) is 19.4 Å². The topological polar surface area (TPSA) is 81.4 Å². The van der Waals surface area contributed by atoms with Gasteiger partial charge in [-0.1, -0.05) is 18.2 Å². The van der Waals surface area contributed by atoms with E-state index in [1.807, 2.05) is 12.2 Å². The van der Waals surface area contributed by atoms with Crippen LogP contribution < -0.4 is 11.1 Å². The summed E-state index contributed by atoms with van der Waals surface area (Å²) in [4.78, 5) is 22.0. The molecule has 0 radical (unpaired) electrons. The second-order valence-corrected chi connectivity index (χ2v) is 4.01. The minimum absolute atomic E-state index is 0.0460. The van der Waals surface area contributed by atoms with Crippen molar-refractivity contribution in [2.45, 2.75) is 13.3 Å². The van der Waals surface area contributed by atoms with Gasteiger partial charge in [-0.15, -0.1) is 0 Å². The van der Waals surface area contributed by atoms with Crippen LogP contribution in [-0.2, 0) is 9.53 Å². The number of nitrogens with two attached hydrogens (primary N) is 1. The number of hydrogen-bond acceptors (Lipinski definition) is 4. The summed E-state index contributed by atoms with van der Waals surface area (Å²) < 4.78 is 4.61. The van der Waals surface area contributed by atoms with E-state index < -0.39 is 5.97 Å². The van der Waals surface area contributed by atoms with Crippen molar-refractivity contribution >= 4 is 23.6 Å². The molecule has 0 saturated heterocycles. The number of amides is 1. The average Bonchev–Trinajstić information content (AvgIpc) is 2.38. The first-order valence-corrected chi connectivity index (χ1v) is 5.93. The summed E-state index contributed by atoms with van der Waals surface area (Å²) in [6.07, 6.45) is 4.50. The summed E-state index contributed by atoms with van der Waals surface area (Å²) >= 11 is 0. The zero-order valence-electron chi connectivity index (χ0n) is 11.1. The van der Waals surface area contributed by atoms with Crippen molar-refractivity contribution in [2.24, 2.45) is 0 Å². The van der Waals surface area contributed by atoms with Crippen LogP contribution in [0, 0.1) is 0 Å². The normalized spacial score (nSPS) is 10.4. The Kier molecular flexibility index (Phi) is 5.60. The molecule has 0 saturated carbocycles. The molecule has 19 heavy (non-hydrogen) atoms. The number of esters is 1. The van der Waals surface area contributed by atoms with Gasteiger partial charge in [-0.2, -0.15) is 0 Å². The highest BCUT2D eigenvalue weighted by Gasteiger charge is 2.06. The summed E-state index contributed by atoms with van der Waals surface area (Å²) in [5.74, 6) is -0.455. The largest absolute Gasteiger partial charge is 0.465 e. The van der Waals surface area contributed by atoms with E-state index in [4.69, 9.17) is 5.73 Å². The van der Waals surface area contributed by atoms with Crippen LogP contribution in [0.2, 0.25) is 0 Å². The van der Waals surface area contributed by atoms with Gasteiger partial charge in [-0.25, -0.2) is 4.79 Å². The van der Waals surface area contributed by atoms with E-state index in [1.165, 1.54) is 14.0 Å². The van der Waals surface area contributed by atoms with E-state index >= 15 is 0 Å². The van der Waals surface area contributed by atoms with Gasteiger partial charge in [0, 0.05) is 19.2 Å². The summed E-state index contributed by atoms with van der Waals surface area (Å²) in [7, 11) is 1.33. The number of hydrogen-bond donors (Lipinski definition) is 2. The third-order valence-electron chi connectivity index (χ3n) is 2.49. The van der Waals surface area contributed by atoms with E-state index in [0.29, 0.717) is 17.8 Å². The summed E-state index contributed by atoms with van der Waals surface area (Å²) in [5, 5.41) is 2.70. The van der Waals surface area contributed by atoms with E-state index in [0.717, 1.165) is 12.0 Å². The molecule has 5 heteroatoms. The van der Waals surface area contributed by atoms with E-state index in [9.17, 15) is 9.59 Å². The maximum absolute atomic E-state index is 11.3. The Morgan fingerprint density at radius 1 is 1.42 bits per heavy atom. The van der Waals surface area contributed by atoms with Crippen molar-refractivity contribution in [1.29, 1.82) is 0 Å². The van der Waals surface area contributed by atoms with Crippen LogP contribution in [0.1, 0.15) is 29.3 Å². The number of nitrogen functional groups attached to an aromatic ring is 1. The van der Waals surface area contributed by atoms with Crippen LogP contribution >= 0.6 is 0 Å². The SMILES string of the molecule is COC(=O)c1ccc(C=CCCNC(C)=O)c(N)c1. The number of rotatable bonds is 5. The minimum atomic E-state index is -0.409. The average molecular weight is 262 g/mol. The van der Waals surface area contributed by atoms with Gasteiger partial charge in [0.05, 0.1) is 12.7 Å². The molecule has 1 rings (SSSR count). The van der Waals surface area contributed by atoms with Gasteiger partial charge < -0.3 is 15.8 Å². The first-order valence-electron chi connectivity index (χ1n) is 5.93. The van der Waals surface area contributed by atoms with Crippen LogP contribution in [0.15, 0.2) is 24.3 Å². The lowest BCUT2D eigenvalue weighted by Crippen LogP contribution is -2.20. The Morgan fingerprint density at radius 2 is 2.16 bits per heavy atom. The quantitative estimate of drug-likeness (QED) is 0.479. The van der Waals surface area contributed by atoms with Gasteiger partial charge in [-0.05, 0) is 24.1 Å². The number of benzene rings is 1. The number of anilines is 1. The molecule has 0 bridgehead atoms. The lowest BCUT2D eigenvalue weighted by Gasteiger charge is -2.04. The number of carbonyl (C=O) groups excluding carboxylic acids is 2. The molecule has 102 valence electrons. The summed E-state index contributed by atoms with van der Waals surface area (Å²) in [6.45, 7) is 2.07. The zero-order valence-corrected chi connectivity index (χ0v) is 11.1. The molecule has 0 aromatic heterocycles. The van der Waals surface area contributed by atoms with Crippen LogP contribution in [0.3, 0.4) is 0 Å². The molecule has 0 aliphatic rings. The lowest BCUT2D eigenvalue weighted by atomic mass is 10.1. The predicted octanol–water partition coefficient (Wildman–Crippen LogP) is 1.59. The van der Waals surface area contributed by atoms with E-state index in [-0.39, 0.29) is 5.91 Å². The molecular weight excluding hydrogens is 244 g/mol. The van der Waals surface area contributed by atoms with Crippen molar-refractivity contribution in [3.63, 3.8) is 0 Å². The van der Waals surface area contributed by atoms with Crippen molar-refractivity contribution in [3.05, 3.63) is 35.4 Å². The van der Waals surface area contributed by atoms with Crippen LogP contribution in [0.25, 0.3) is 6.08 Å². The molecule has 0 aliphatic heterocycles. The van der Waals surface area contributed by atoms with Crippen molar-refractivity contribution < 1.29 is 14.3 Å². The number of ether oxygens (including phenoxy) is 1. The Balaban J connectivity index is 2.62. The highest BCUT2D eigenvalue weighted by molar-refractivity contribution is 5.91. The summed E-state index contributed by atoms with van der Waals surface area (Å²) in [5.41, 5.74) is 7.62. The molecule has 0 spiro atoms. The van der Waals surface area contributed by atoms with Gasteiger partial charge in [0.2, 0.25) is 5.91 Å². The molecule has 0 fully saturated rings. The molecule has 1 aromatic carbocycles. The Morgan fingerprint density at radius 3 is 2.74 bits per heavy atom. The smallest absolute Gasteiger partial charge is 0.337 e. The summed E-state index contributed by atoms with van der Waals surface area (Å²) in [6, 6.07) is 5.01.